The number of rotatable bonds is 2. The minimum Gasteiger partial charge on any atom is -0.507 e. The van der Waals surface area contributed by atoms with Crippen LogP contribution >= 0.6 is 0 Å². The lowest BCUT2D eigenvalue weighted by Crippen LogP contribution is -2.09. The molecule has 0 heterocycles. The topological polar surface area (TPSA) is 129 Å². The van der Waals surface area contributed by atoms with E-state index in [0.717, 1.165) is 12.1 Å². The van der Waals surface area contributed by atoms with Crippen molar-refractivity contribution < 1.29 is 31.0 Å². The highest BCUT2D eigenvalue weighted by molar-refractivity contribution is 7.89. The first-order valence-electron chi connectivity index (χ1n) is 4.82. The van der Waals surface area contributed by atoms with Crippen LogP contribution in [0.2, 0.25) is 0 Å². The van der Waals surface area contributed by atoms with Gasteiger partial charge in [0.15, 0.2) is 0 Å². The Morgan fingerprint density at radius 1 is 0.842 bits per heavy atom. The monoisotopic (exact) mass is 304 g/mol. The van der Waals surface area contributed by atoms with Gasteiger partial charge in [-0.15, -0.1) is 0 Å². The standard InChI is InChI=1S/C10H8O7S2/c11-7-3-1-2-6-4-5-8(18(12,13)14)10(9(6)7)19(15,16)17/h1-5,11H,(H,12,13,14)(H,15,16,17). The number of aromatic hydroxyl groups is 1. The first-order chi connectivity index (χ1) is 8.62. The summed E-state index contributed by atoms with van der Waals surface area (Å²) in [5, 5.41) is 9.47. The Bertz CT molecular complexity index is 866. The summed E-state index contributed by atoms with van der Waals surface area (Å²) in [6.45, 7) is 0. The summed E-state index contributed by atoms with van der Waals surface area (Å²) in [4.78, 5) is -2.05. The molecule has 102 valence electrons. The van der Waals surface area contributed by atoms with Gasteiger partial charge in [-0.25, -0.2) is 0 Å². The Kier molecular flexibility index (Phi) is 3.01. The molecular formula is C10H8O7S2. The van der Waals surface area contributed by atoms with E-state index in [1.54, 1.807) is 0 Å². The normalized spacial score (nSPS) is 12.7. The first-order valence-corrected chi connectivity index (χ1v) is 7.70. The SMILES string of the molecule is O=S(=O)(O)c1ccc2cccc(O)c2c1S(=O)(=O)O. The molecule has 0 atom stereocenters. The van der Waals surface area contributed by atoms with Crippen molar-refractivity contribution in [2.45, 2.75) is 9.79 Å². The molecule has 0 aliphatic rings. The Balaban J connectivity index is 3.16. The molecule has 2 aromatic rings. The van der Waals surface area contributed by atoms with Gasteiger partial charge in [0.05, 0.1) is 0 Å². The van der Waals surface area contributed by atoms with Crippen LogP contribution in [0.15, 0.2) is 40.1 Å². The molecule has 0 aliphatic heterocycles. The Hall–Kier alpha value is -1.68. The number of hydrogen-bond donors (Lipinski definition) is 3. The number of fused-ring (bicyclic) bond motifs is 1. The first kappa shape index (κ1) is 13.7. The molecule has 0 saturated heterocycles. The van der Waals surface area contributed by atoms with Crippen LogP contribution in [-0.4, -0.2) is 31.0 Å². The fraction of sp³-hybridized carbons (Fsp3) is 0. The van der Waals surface area contributed by atoms with Gasteiger partial charge in [0.1, 0.15) is 15.5 Å². The van der Waals surface area contributed by atoms with Crippen molar-refractivity contribution in [2.75, 3.05) is 0 Å². The molecule has 0 aliphatic carbocycles. The lowest BCUT2D eigenvalue weighted by Gasteiger charge is -2.09. The smallest absolute Gasteiger partial charge is 0.296 e. The molecule has 3 N–H and O–H groups in total. The predicted octanol–water partition coefficient (Wildman–Crippen LogP) is 1.04. The molecule has 0 bridgehead atoms. The highest BCUT2D eigenvalue weighted by atomic mass is 32.2. The van der Waals surface area contributed by atoms with E-state index in [-0.39, 0.29) is 10.8 Å². The lowest BCUT2D eigenvalue weighted by atomic mass is 10.1. The molecule has 0 unspecified atom stereocenters. The van der Waals surface area contributed by atoms with E-state index >= 15 is 0 Å². The number of hydrogen-bond acceptors (Lipinski definition) is 5. The average Bonchev–Trinajstić information content (AvgIpc) is 2.25. The van der Waals surface area contributed by atoms with Crippen LogP contribution < -0.4 is 0 Å². The maximum Gasteiger partial charge on any atom is 0.296 e. The Labute approximate surface area is 108 Å². The van der Waals surface area contributed by atoms with Gasteiger partial charge in [0.25, 0.3) is 20.2 Å². The van der Waals surface area contributed by atoms with Crippen molar-refractivity contribution in [3.8, 4) is 5.75 Å². The molecule has 19 heavy (non-hydrogen) atoms. The third-order valence-corrected chi connectivity index (χ3v) is 4.44. The third kappa shape index (κ3) is 2.40. The third-order valence-electron chi connectivity index (χ3n) is 2.48. The molecule has 0 radical (unpaired) electrons. The Morgan fingerprint density at radius 2 is 1.47 bits per heavy atom. The fourth-order valence-corrected chi connectivity index (χ4v) is 3.78. The van der Waals surface area contributed by atoms with E-state index in [4.69, 9.17) is 9.11 Å². The maximum atomic E-state index is 11.3. The minimum atomic E-state index is -4.96. The van der Waals surface area contributed by atoms with Gasteiger partial charge >= 0.3 is 0 Å². The quantitative estimate of drug-likeness (QED) is 0.707. The number of phenolic OH excluding ortho intramolecular Hbond substituents is 1. The second-order valence-corrected chi connectivity index (χ2v) is 6.47. The van der Waals surface area contributed by atoms with Gasteiger partial charge in [-0.3, -0.25) is 9.11 Å². The summed E-state index contributed by atoms with van der Waals surface area (Å²) in [6.07, 6.45) is 0. The summed E-state index contributed by atoms with van der Waals surface area (Å²) in [7, 11) is -9.84. The van der Waals surface area contributed by atoms with Crippen molar-refractivity contribution >= 4 is 31.0 Å². The van der Waals surface area contributed by atoms with Crippen molar-refractivity contribution in [3.63, 3.8) is 0 Å². The van der Waals surface area contributed by atoms with Crippen LogP contribution in [0.5, 0.6) is 5.75 Å². The fourth-order valence-electron chi connectivity index (χ4n) is 1.77. The second kappa shape index (κ2) is 4.17. The largest absolute Gasteiger partial charge is 0.507 e. The molecule has 0 saturated carbocycles. The van der Waals surface area contributed by atoms with Gasteiger partial charge in [-0.1, -0.05) is 18.2 Å². The van der Waals surface area contributed by atoms with E-state index in [1.165, 1.54) is 18.2 Å². The Morgan fingerprint density at radius 3 is 2.00 bits per heavy atom. The zero-order chi connectivity index (χ0) is 14.4. The van der Waals surface area contributed by atoms with Crippen LogP contribution in [0, 0.1) is 0 Å². The summed E-state index contributed by atoms with van der Waals surface area (Å²) < 4.78 is 63.1. The zero-order valence-electron chi connectivity index (χ0n) is 9.18. The molecular weight excluding hydrogens is 296 g/mol. The molecule has 0 fully saturated rings. The summed E-state index contributed by atoms with van der Waals surface area (Å²) >= 11 is 0. The van der Waals surface area contributed by atoms with Gasteiger partial charge in [-0.2, -0.15) is 16.8 Å². The van der Waals surface area contributed by atoms with Crippen molar-refractivity contribution in [1.82, 2.24) is 0 Å². The van der Waals surface area contributed by atoms with Crippen LogP contribution in [0.1, 0.15) is 0 Å². The van der Waals surface area contributed by atoms with Crippen LogP contribution in [0.25, 0.3) is 10.8 Å². The maximum absolute atomic E-state index is 11.3. The van der Waals surface area contributed by atoms with Crippen LogP contribution in [0.3, 0.4) is 0 Å². The van der Waals surface area contributed by atoms with E-state index in [2.05, 4.69) is 0 Å². The van der Waals surface area contributed by atoms with E-state index in [1.807, 2.05) is 0 Å². The molecule has 0 amide bonds. The molecule has 7 nitrogen and oxygen atoms in total. The highest BCUT2D eigenvalue weighted by Crippen LogP contribution is 2.35. The van der Waals surface area contributed by atoms with Crippen LogP contribution in [-0.2, 0) is 20.2 Å². The highest BCUT2D eigenvalue weighted by Gasteiger charge is 2.27. The van der Waals surface area contributed by atoms with Crippen molar-refractivity contribution in [1.29, 1.82) is 0 Å². The molecule has 0 aromatic heterocycles. The molecule has 2 rings (SSSR count). The van der Waals surface area contributed by atoms with Crippen molar-refractivity contribution in [3.05, 3.63) is 30.3 Å². The van der Waals surface area contributed by atoms with E-state index < -0.39 is 35.8 Å². The minimum absolute atomic E-state index is 0.194. The van der Waals surface area contributed by atoms with Gasteiger partial charge in [-0.05, 0) is 17.5 Å². The molecule has 9 heteroatoms. The second-order valence-electron chi connectivity index (χ2n) is 3.72. The average molecular weight is 304 g/mol. The van der Waals surface area contributed by atoms with Gasteiger partial charge in [0.2, 0.25) is 0 Å². The van der Waals surface area contributed by atoms with E-state index in [0.29, 0.717) is 0 Å². The van der Waals surface area contributed by atoms with Gasteiger partial charge < -0.3 is 5.11 Å². The predicted molar refractivity (Wildman–Crippen MR) is 65.2 cm³/mol. The molecule has 0 spiro atoms. The van der Waals surface area contributed by atoms with Crippen LogP contribution in [0.4, 0.5) is 0 Å². The lowest BCUT2D eigenvalue weighted by molar-refractivity contribution is 0.464. The van der Waals surface area contributed by atoms with Gasteiger partial charge in [0, 0.05) is 5.39 Å². The molecule has 2 aromatic carbocycles. The summed E-state index contributed by atoms with van der Waals surface area (Å²) in [5.41, 5.74) is 0. The van der Waals surface area contributed by atoms with E-state index in [9.17, 15) is 21.9 Å². The van der Waals surface area contributed by atoms with Crippen molar-refractivity contribution in [2.24, 2.45) is 0 Å². The summed E-state index contributed by atoms with van der Waals surface area (Å²) in [5.74, 6) is -0.532. The summed E-state index contributed by atoms with van der Waals surface area (Å²) in [6, 6.07) is 5.99. The zero-order valence-corrected chi connectivity index (χ0v) is 10.8. The number of phenols is 1. The number of benzene rings is 2.